The Morgan fingerprint density at radius 3 is 2.10 bits per heavy atom. The zero-order valence-electron chi connectivity index (χ0n) is 21.0. The highest BCUT2D eigenvalue weighted by Gasteiger charge is 1.99. The summed E-state index contributed by atoms with van der Waals surface area (Å²) in [7, 11) is 1.79. The van der Waals surface area contributed by atoms with Gasteiger partial charge in [0.15, 0.2) is 0 Å². The molecule has 0 bridgehead atoms. The van der Waals surface area contributed by atoms with E-state index in [0.29, 0.717) is 0 Å². The standard InChI is InChI=1S/C15H18.C11H14.C4H9N/c1-3-4-7-13-9-10-14-8-5-6-12(2)15(14)11-13;1-8(2)11-6-5-9(3)7-10(11)4;1-4(2)5-3/h5-6,8-11H,3-4,7H2,1-2H3;5-7H,1H2,2-4H3;1-3H3. The number of fused-ring (bicyclic) bond motifs is 1. The van der Waals surface area contributed by atoms with Gasteiger partial charge in [0, 0.05) is 12.8 Å². The molecule has 1 nitrogen and oxygen atoms in total. The molecule has 0 heterocycles. The molecule has 31 heavy (non-hydrogen) atoms. The van der Waals surface area contributed by atoms with Crippen LogP contribution in [0.2, 0.25) is 0 Å². The van der Waals surface area contributed by atoms with Crippen molar-refractivity contribution < 1.29 is 0 Å². The SMILES string of the molecule is C=C(C)c1ccc(C)cc1C.CCCCc1ccc2cccc(C)c2c1.CN=C(C)C. The molecule has 3 aromatic rings. The van der Waals surface area contributed by atoms with E-state index in [1.165, 1.54) is 57.9 Å². The van der Waals surface area contributed by atoms with Crippen molar-refractivity contribution in [2.75, 3.05) is 7.05 Å². The van der Waals surface area contributed by atoms with Gasteiger partial charge in [-0.05, 0) is 87.4 Å². The van der Waals surface area contributed by atoms with E-state index in [1.54, 1.807) is 7.05 Å². The number of benzene rings is 3. The maximum Gasteiger partial charge on any atom is 0.0276 e. The highest BCUT2D eigenvalue weighted by Crippen LogP contribution is 2.20. The quantitative estimate of drug-likeness (QED) is 0.377. The van der Waals surface area contributed by atoms with Crippen LogP contribution in [0.25, 0.3) is 16.3 Å². The summed E-state index contributed by atoms with van der Waals surface area (Å²) in [5.41, 5.74) is 9.03. The Kier molecular flexibility index (Phi) is 11.6. The molecule has 0 atom stereocenters. The summed E-state index contributed by atoms with van der Waals surface area (Å²) in [6.07, 6.45) is 3.77. The molecule has 0 amide bonds. The fraction of sp³-hybridized carbons (Fsp3) is 0.367. The maximum absolute atomic E-state index is 3.92. The van der Waals surface area contributed by atoms with Gasteiger partial charge in [-0.2, -0.15) is 0 Å². The number of allylic oxidation sites excluding steroid dienone is 1. The van der Waals surface area contributed by atoms with Crippen LogP contribution in [-0.4, -0.2) is 12.8 Å². The van der Waals surface area contributed by atoms with E-state index in [1.807, 2.05) is 20.8 Å². The molecule has 3 rings (SSSR count). The molecule has 0 aliphatic rings. The van der Waals surface area contributed by atoms with E-state index >= 15 is 0 Å². The average molecular weight is 416 g/mol. The third-order valence-corrected chi connectivity index (χ3v) is 5.27. The molecule has 0 radical (unpaired) electrons. The van der Waals surface area contributed by atoms with Crippen molar-refractivity contribution in [3.63, 3.8) is 0 Å². The van der Waals surface area contributed by atoms with Crippen molar-refractivity contribution >= 4 is 22.1 Å². The highest BCUT2D eigenvalue weighted by molar-refractivity contribution is 5.86. The average Bonchev–Trinajstić information content (AvgIpc) is 2.73. The van der Waals surface area contributed by atoms with Gasteiger partial charge in [-0.15, -0.1) is 0 Å². The van der Waals surface area contributed by atoms with Gasteiger partial charge in [0.25, 0.3) is 0 Å². The smallest absolute Gasteiger partial charge is 0.0276 e. The largest absolute Gasteiger partial charge is 0.298 e. The van der Waals surface area contributed by atoms with E-state index in [9.17, 15) is 0 Å². The summed E-state index contributed by atoms with van der Waals surface area (Å²) in [6.45, 7) is 18.6. The zero-order chi connectivity index (χ0) is 23.4. The molecule has 0 fully saturated rings. The van der Waals surface area contributed by atoms with Crippen LogP contribution in [0.3, 0.4) is 0 Å². The molecule has 1 heteroatoms. The van der Waals surface area contributed by atoms with Crippen LogP contribution in [0.4, 0.5) is 0 Å². The predicted molar refractivity (Wildman–Crippen MR) is 143 cm³/mol. The zero-order valence-corrected chi connectivity index (χ0v) is 21.0. The second-order valence-corrected chi connectivity index (χ2v) is 8.50. The van der Waals surface area contributed by atoms with Crippen LogP contribution < -0.4 is 0 Å². The maximum atomic E-state index is 3.92. The van der Waals surface area contributed by atoms with Crippen molar-refractivity contribution in [1.29, 1.82) is 0 Å². The number of nitrogens with zero attached hydrogens (tertiary/aromatic N) is 1. The Balaban J connectivity index is 0.000000264. The first-order valence-electron chi connectivity index (χ1n) is 11.3. The first kappa shape index (κ1) is 26.4. The van der Waals surface area contributed by atoms with Gasteiger partial charge in [-0.25, -0.2) is 0 Å². The predicted octanol–water partition coefficient (Wildman–Crippen LogP) is 8.92. The van der Waals surface area contributed by atoms with Gasteiger partial charge < -0.3 is 0 Å². The molecule has 0 N–H and O–H groups in total. The van der Waals surface area contributed by atoms with E-state index < -0.39 is 0 Å². The van der Waals surface area contributed by atoms with Gasteiger partial charge >= 0.3 is 0 Å². The Labute approximate surface area is 190 Å². The number of aliphatic imine (C=N–C) groups is 1. The number of aryl methyl sites for hydroxylation is 4. The Morgan fingerprint density at radius 2 is 1.55 bits per heavy atom. The van der Waals surface area contributed by atoms with Crippen molar-refractivity contribution in [3.05, 3.63) is 89.0 Å². The lowest BCUT2D eigenvalue weighted by Gasteiger charge is -2.05. The molecule has 0 aliphatic heterocycles. The summed E-state index contributed by atoms with van der Waals surface area (Å²) >= 11 is 0. The van der Waals surface area contributed by atoms with Gasteiger partial charge in [0.05, 0.1) is 0 Å². The van der Waals surface area contributed by atoms with Crippen LogP contribution in [0, 0.1) is 20.8 Å². The third kappa shape index (κ3) is 9.34. The topological polar surface area (TPSA) is 12.4 Å². The minimum absolute atomic E-state index is 1.13. The van der Waals surface area contributed by atoms with Crippen molar-refractivity contribution in [2.45, 2.75) is 67.7 Å². The second kappa shape index (κ2) is 13.6. The first-order chi connectivity index (χ1) is 14.7. The van der Waals surface area contributed by atoms with E-state index in [-0.39, 0.29) is 0 Å². The van der Waals surface area contributed by atoms with E-state index in [4.69, 9.17) is 0 Å². The van der Waals surface area contributed by atoms with Crippen LogP contribution in [0.1, 0.15) is 68.4 Å². The number of hydrogen-bond acceptors (Lipinski definition) is 1. The van der Waals surface area contributed by atoms with Gasteiger partial charge in [0.2, 0.25) is 0 Å². The summed E-state index contributed by atoms with van der Waals surface area (Å²) in [5.74, 6) is 0. The highest BCUT2D eigenvalue weighted by atomic mass is 14.7. The number of unbranched alkanes of at least 4 members (excludes halogenated alkanes) is 1. The van der Waals surface area contributed by atoms with E-state index in [2.05, 4.69) is 93.9 Å². The molecule has 166 valence electrons. The Bertz CT molecular complexity index is 1000. The van der Waals surface area contributed by atoms with E-state index in [0.717, 1.165) is 11.3 Å². The molecule has 0 unspecified atom stereocenters. The molecule has 3 aromatic carbocycles. The van der Waals surface area contributed by atoms with Gasteiger partial charge in [-0.1, -0.05) is 85.7 Å². The summed E-state index contributed by atoms with van der Waals surface area (Å²) in [5, 5.41) is 2.77. The number of hydrogen-bond donors (Lipinski definition) is 0. The van der Waals surface area contributed by atoms with Crippen molar-refractivity contribution in [3.8, 4) is 0 Å². The Morgan fingerprint density at radius 1 is 0.871 bits per heavy atom. The second-order valence-electron chi connectivity index (χ2n) is 8.50. The molecule has 0 spiro atoms. The lowest BCUT2D eigenvalue weighted by atomic mass is 10.0. The summed E-state index contributed by atoms with van der Waals surface area (Å²) < 4.78 is 0. The lowest BCUT2D eigenvalue weighted by molar-refractivity contribution is 0.796. The number of rotatable bonds is 4. The Hall–Kier alpha value is -2.67. The summed E-state index contributed by atoms with van der Waals surface area (Å²) in [6, 6.07) is 19.8. The minimum atomic E-state index is 1.13. The molecule has 0 saturated heterocycles. The van der Waals surface area contributed by atoms with Crippen molar-refractivity contribution in [2.24, 2.45) is 4.99 Å². The molecule has 0 aliphatic carbocycles. The third-order valence-electron chi connectivity index (χ3n) is 5.27. The van der Waals surface area contributed by atoms with Crippen LogP contribution >= 0.6 is 0 Å². The molecule has 0 saturated carbocycles. The first-order valence-corrected chi connectivity index (χ1v) is 11.3. The van der Waals surface area contributed by atoms with Crippen LogP contribution in [0.15, 0.2) is 66.2 Å². The van der Waals surface area contributed by atoms with Crippen molar-refractivity contribution in [1.82, 2.24) is 0 Å². The normalized spacial score (nSPS) is 9.81. The monoisotopic (exact) mass is 415 g/mol. The lowest BCUT2D eigenvalue weighted by Crippen LogP contribution is -1.86. The molecule has 0 aromatic heterocycles. The molecular weight excluding hydrogens is 374 g/mol. The van der Waals surface area contributed by atoms with Gasteiger partial charge in [-0.3, -0.25) is 4.99 Å². The fourth-order valence-corrected chi connectivity index (χ4v) is 3.31. The van der Waals surface area contributed by atoms with Gasteiger partial charge in [0.1, 0.15) is 0 Å². The fourth-order valence-electron chi connectivity index (χ4n) is 3.31. The minimum Gasteiger partial charge on any atom is -0.298 e. The van der Waals surface area contributed by atoms with Crippen LogP contribution in [0.5, 0.6) is 0 Å². The molecular formula is C30H41N. The summed E-state index contributed by atoms with van der Waals surface area (Å²) in [4.78, 5) is 3.81. The van der Waals surface area contributed by atoms with Crippen LogP contribution in [-0.2, 0) is 6.42 Å².